The molecule has 0 amide bonds. The smallest absolute Gasteiger partial charge is 0.165 e. The molecule has 1 aromatic carbocycles. The molecule has 0 saturated carbocycles. The second-order valence-corrected chi connectivity index (χ2v) is 6.04. The van der Waals surface area contributed by atoms with Crippen LogP contribution in [0.2, 0.25) is 5.02 Å². The molecule has 0 bridgehead atoms. The SMILES string of the molecule is CN(Cc1ccc(F)cc1Cl)c1ncnc2c1ncn2C(CO)CO. The number of hydrogen-bond acceptors (Lipinski definition) is 6. The monoisotopic (exact) mass is 365 g/mol. The molecule has 0 aliphatic carbocycles. The number of rotatable bonds is 6. The molecule has 0 radical (unpaired) electrons. The third-order valence-corrected chi connectivity index (χ3v) is 4.29. The lowest BCUT2D eigenvalue weighted by atomic mass is 10.2. The summed E-state index contributed by atoms with van der Waals surface area (Å²) < 4.78 is 14.8. The van der Waals surface area contributed by atoms with Crippen LogP contribution in [0.25, 0.3) is 11.2 Å². The third-order valence-electron chi connectivity index (χ3n) is 3.94. The van der Waals surface area contributed by atoms with E-state index in [2.05, 4.69) is 15.0 Å². The quantitative estimate of drug-likeness (QED) is 0.692. The topological polar surface area (TPSA) is 87.3 Å². The summed E-state index contributed by atoms with van der Waals surface area (Å²) in [6.45, 7) is -0.0633. The van der Waals surface area contributed by atoms with Crippen molar-refractivity contribution in [2.75, 3.05) is 25.2 Å². The van der Waals surface area contributed by atoms with Gasteiger partial charge in [0.1, 0.15) is 12.1 Å². The fraction of sp³-hybridized carbons (Fsp3) is 0.312. The molecule has 132 valence electrons. The zero-order valence-corrected chi connectivity index (χ0v) is 14.2. The van der Waals surface area contributed by atoms with Crippen molar-refractivity contribution in [1.29, 1.82) is 0 Å². The summed E-state index contributed by atoms with van der Waals surface area (Å²) in [5, 5.41) is 19.1. The number of imidazole rings is 1. The second kappa shape index (κ2) is 7.30. The fourth-order valence-electron chi connectivity index (χ4n) is 2.60. The molecule has 2 heterocycles. The van der Waals surface area contributed by atoms with Gasteiger partial charge in [0, 0.05) is 18.6 Å². The fourth-order valence-corrected chi connectivity index (χ4v) is 2.83. The van der Waals surface area contributed by atoms with Gasteiger partial charge in [0.2, 0.25) is 0 Å². The largest absolute Gasteiger partial charge is 0.394 e. The third kappa shape index (κ3) is 3.41. The van der Waals surface area contributed by atoms with Crippen LogP contribution < -0.4 is 4.90 Å². The van der Waals surface area contributed by atoms with Crippen molar-refractivity contribution in [2.24, 2.45) is 0 Å². The molecule has 2 N–H and O–H groups in total. The van der Waals surface area contributed by atoms with E-state index in [1.807, 2.05) is 11.9 Å². The summed E-state index contributed by atoms with van der Waals surface area (Å²) >= 11 is 6.09. The Bertz CT molecular complexity index is 884. The van der Waals surface area contributed by atoms with Crippen LogP contribution in [0.15, 0.2) is 30.9 Å². The molecule has 2 aromatic heterocycles. The number of nitrogens with zero attached hydrogens (tertiary/aromatic N) is 5. The van der Waals surface area contributed by atoms with E-state index < -0.39 is 11.9 Å². The highest BCUT2D eigenvalue weighted by Crippen LogP contribution is 2.26. The number of aromatic nitrogens is 4. The summed E-state index contributed by atoms with van der Waals surface area (Å²) in [5.74, 6) is 0.178. The number of hydrogen-bond donors (Lipinski definition) is 2. The van der Waals surface area contributed by atoms with Crippen molar-refractivity contribution in [3.8, 4) is 0 Å². The maximum atomic E-state index is 13.2. The average Bonchev–Trinajstić information content (AvgIpc) is 3.02. The van der Waals surface area contributed by atoms with Gasteiger partial charge in [-0.3, -0.25) is 0 Å². The van der Waals surface area contributed by atoms with Gasteiger partial charge in [-0.1, -0.05) is 17.7 Å². The Labute approximate surface area is 148 Å². The summed E-state index contributed by atoms with van der Waals surface area (Å²) in [5.41, 5.74) is 1.80. The number of halogens is 2. The van der Waals surface area contributed by atoms with E-state index in [1.165, 1.54) is 24.8 Å². The predicted octanol–water partition coefficient (Wildman–Crippen LogP) is 1.78. The molecule has 3 rings (SSSR count). The first-order chi connectivity index (χ1) is 12.0. The molecule has 0 fully saturated rings. The molecule has 0 aliphatic heterocycles. The van der Waals surface area contributed by atoms with Crippen molar-refractivity contribution < 1.29 is 14.6 Å². The van der Waals surface area contributed by atoms with Crippen molar-refractivity contribution in [3.63, 3.8) is 0 Å². The maximum absolute atomic E-state index is 13.2. The Kier molecular flexibility index (Phi) is 5.12. The Morgan fingerprint density at radius 2 is 2.00 bits per heavy atom. The van der Waals surface area contributed by atoms with Crippen LogP contribution in [0.4, 0.5) is 10.2 Å². The molecule has 0 atom stereocenters. The highest BCUT2D eigenvalue weighted by molar-refractivity contribution is 6.31. The lowest BCUT2D eigenvalue weighted by Gasteiger charge is -2.19. The summed E-state index contributed by atoms with van der Waals surface area (Å²) in [4.78, 5) is 14.6. The highest BCUT2D eigenvalue weighted by Gasteiger charge is 2.18. The molecule has 7 nitrogen and oxygen atoms in total. The number of anilines is 1. The molecular formula is C16H17ClFN5O2. The molecule has 0 aliphatic rings. The minimum atomic E-state index is -0.524. The minimum Gasteiger partial charge on any atom is -0.394 e. The van der Waals surface area contributed by atoms with Crippen LogP contribution in [-0.2, 0) is 6.54 Å². The van der Waals surface area contributed by atoms with Crippen LogP contribution >= 0.6 is 11.6 Å². The van der Waals surface area contributed by atoms with Gasteiger partial charge in [0.25, 0.3) is 0 Å². The second-order valence-electron chi connectivity index (χ2n) is 5.63. The Morgan fingerprint density at radius 1 is 1.24 bits per heavy atom. The number of benzene rings is 1. The van der Waals surface area contributed by atoms with Gasteiger partial charge in [0.05, 0.1) is 25.6 Å². The first-order valence-corrected chi connectivity index (χ1v) is 7.97. The zero-order chi connectivity index (χ0) is 18.0. The lowest BCUT2D eigenvalue weighted by molar-refractivity contribution is 0.156. The van der Waals surface area contributed by atoms with Crippen LogP contribution in [0.1, 0.15) is 11.6 Å². The zero-order valence-electron chi connectivity index (χ0n) is 13.5. The molecule has 25 heavy (non-hydrogen) atoms. The van der Waals surface area contributed by atoms with Gasteiger partial charge >= 0.3 is 0 Å². The van der Waals surface area contributed by atoms with Gasteiger partial charge in [-0.25, -0.2) is 19.3 Å². The Balaban J connectivity index is 1.95. The average molecular weight is 366 g/mol. The molecular weight excluding hydrogens is 349 g/mol. The molecule has 3 aromatic rings. The van der Waals surface area contributed by atoms with E-state index in [4.69, 9.17) is 11.6 Å². The summed E-state index contributed by atoms with van der Waals surface area (Å²) in [6, 6.07) is 3.72. The van der Waals surface area contributed by atoms with E-state index >= 15 is 0 Å². The van der Waals surface area contributed by atoms with Crippen molar-refractivity contribution in [1.82, 2.24) is 19.5 Å². The van der Waals surface area contributed by atoms with Gasteiger partial charge in [-0.05, 0) is 17.7 Å². The van der Waals surface area contributed by atoms with Crippen molar-refractivity contribution >= 4 is 28.6 Å². The number of aliphatic hydroxyl groups is 2. The van der Waals surface area contributed by atoms with E-state index in [9.17, 15) is 14.6 Å². The first kappa shape index (κ1) is 17.5. The normalized spacial score (nSPS) is 11.4. The molecule has 0 saturated heterocycles. The number of aliphatic hydroxyl groups excluding tert-OH is 2. The first-order valence-electron chi connectivity index (χ1n) is 7.59. The Morgan fingerprint density at radius 3 is 2.68 bits per heavy atom. The maximum Gasteiger partial charge on any atom is 0.165 e. The van der Waals surface area contributed by atoms with Gasteiger partial charge in [0.15, 0.2) is 17.0 Å². The van der Waals surface area contributed by atoms with E-state index in [0.29, 0.717) is 28.5 Å². The van der Waals surface area contributed by atoms with Crippen LogP contribution in [0.5, 0.6) is 0 Å². The van der Waals surface area contributed by atoms with Gasteiger partial charge in [-0.15, -0.1) is 0 Å². The van der Waals surface area contributed by atoms with Crippen molar-refractivity contribution in [2.45, 2.75) is 12.6 Å². The highest BCUT2D eigenvalue weighted by atomic mass is 35.5. The van der Waals surface area contributed by atoms with E-state index in [1.54, 1.807) is 10.6 Å². The van der Waals surface area contributed by atoms with Crippen LogP contribution in [0.3, 0.4) is 0 Å². The molecule has 0 unspecified atom stereocenters. The van der Waals surface area contributed by atoms with Crippen molar-refractivity contribution in [3.05, 3.63) is 47.3 Å². The lowest BCUT2D eigenvalue weighted by Crippen LogP contribution is -2.19. The van der Waals surface area contributed by atoms with Gasteiger partial charge < -0.3 is 19.7 Å². The minimum absolute atomic E-state index is 0.234. The molecule has 9 heteroatoms. The van der Waals surface area contributed by atoms with Crippen LogP contribution in [-0.4, -0.2) is 50.0 Å². The van der Waals surface area contributed by atoms with Crippen LogP contribution in [0, 0.1) is 5.82 Å². The Hall–Kier alpha value is -2.29. The van der Waals surface area contributed by atoms with E-state index in [0.717, 1.165) is 5.56 Å². The van der Waals surface area contributed by atoms with Gasteiger partial charge in [-0.2, -0.15) is 0 Å². The summed E-state index contributed by atoms with van der Waals surface area (Å²) in [6.07, 6.45) is 2.91. The van der Waals surface area contributed by atoms with E-state index in [-0.39, 0.29) is 13.2 Å². The molecule has 0 spiro atoms. The number of fused-ring (bicyclic) bond motifs is 1. The predicted molar refractivity (Wildman–Crippen MR) is 92.0 cm³/mol. The summed E-state index contributed by atoms with van der Waals surface area (Å²) in [7, 11) is 1.82. The standard InChI is InChI=1S/C16H17ClFN5O2/c1-22(5-10-2-3-11(18)4-13(10)17)15-14-16(20-8-19-15)23(9-21-14)12(6-24)7-25/h2-4,8-9,12,24-25H,5-7H2,1H3.